The van der Waals surface area contributed by atoms with E-state index >= 15 is 0 Å². The molecule has 3 aromatic heterocycles. The summed E-state index contributed by atoms with van der Waals surface area (Å²) >= 11 is 0. The first-order valence-electron chi connectivity index (χ1n) is 13.1. The summed E-state index contributed by atoms with van der Waals surface area (Å²) in [5, 5.41) is 0. The number of methoxy groups -OCH3 is 1. The maximum atomic E-state index is 12.2. The molecule has 40 heavy (non-hydrogen) atoms. The number of carbonyl (C=O) groups excluding carboxylic acids is 2. The molecule has 4 aromatic rings. The predicted molar refractivity (Wildman–Crippen MR) is 151 cm³/mol. The number of benzene rings is 1. The molecule has 0 bridgehead atoms. The van der Waals surface area contributed by atoms with E-state index in [1.165, 1.54) is 0 Å². The molecule has 3 heterocycles. The average Bonchev–Trinajstić information content (AvgIpc) is 2.98. The molecule has 4 rings (SSSR count). The smallest absolute Gasteiger partial charge is 0.320 e. The Morgan fingerprint density at radius 1 is 0.725 bits per heavy atom. The summed E-state index contributed by atoms with van der Waals surface area (Å²) in [5.74, 6) is -0.0684. The summed E-state index contributed by atoms with van der Waals surface area (Å²) in [7, 11) is 1.64. The van der Waals surface area contributed by atoms with Gasteiger partial charge >= 0.3 is 11.9 Å². The van der Waals surface area contributed by atoms with Crippen LogP contribution in [-0.2, 0) is 25.6 Å². The number of esters is 2. The summed E-state index contributed by atoms with van der Waals surface area (Å²) in [6.07, 6.45) is 1.73. The van der Waals surface area contributed by atoms with Gasteiger partial charge in [-0.25, -0.2) is 9.97 Å². The van der Waals surface area contributed by atoms with Crippen LogP contribution in [-0.4, -0.2) is 65.2 Å². The number of carbonyl (C=O) groups is 2. The van der Waals surface area contributed by atoms with Gasteiger partial charge in [-0.2, -0.15) is 0 Å². The number of hydrogen-bond acceptors (Lipinski definition) is 9. The first kappa shape index (κ1) is 28.4. The zero-order chi connectivity index (χ0) is 28.3. The molecular weight excluding hydrogens is 508 g/mol. The Morgan fingerprint density at radius 2 is 1.38 bits per heavy atom. The first-order valence-corrected chi connectivity index (χ1v) is 13.1. The van der Waals surface area contributed by atoms with Gasteiger partial charge in [0.1, 0.15) is 5.75 Å². The fraction of sp³-hybridized carbons (Fsp3) is 0.258. The van der Waals surface area contributed by atoms with Gasteiger partial charge in [-0.15, -0.1) is 0 Å². The molecule has 0 N–H and O–H groups in total. The molecule has 0 saturated carbocycles. The van der Waals surface area contributed by atoms with Gasteiger partial charge < -0.3 is 14.2 Å². The second kappa shape index (κ2) is 14.0. The first-order chi connectivity index (χ1) is 19.5. The van der Waals surface area contributed by atoms with Crippen molar-refractivity contribution in [2.45, 2.75) is 20.4 Å². The lowest BCUT2D eigenvalue weighted by atomic mass is 10.0. The van der Waals surface area contributed by atoms with E-state index < -0.39 is 11.9 Å². The van der Waals surface area contributed by atoms with Crippen molar-refractivity contribution >= 4 is 11.9 Å². The number of ether oxygens (including phenoxy) is 3. The minimum absolute atomic E-state index is 0.0619. The number of nitrogens with zero attached hydrogens (tertiary/aromatic N) is 4. The van der Waals surface area contributed by atoms with E-state index in [-0.39, 0.29) is 32.8 Å². The Morgan fingerprint density at radius 3 is 1.98 bits per heavy atom. The molecule has 0 radical (unpaired) electrons. The highest BCUT2D eigenvalue weighted by atomic mass is 16.5. The minimum Gasteiger partial charge on any atom is -0.497 e. The lowest BCUT2D eigenvalue weighted by molar-refractivity contribution is -0.148. The van der Waals surface area contributed by atoms with E-state index in [0.29, 0.717) is 22.8 Å². The van der Waals surface area contributed by atoms with Crippen LogP contribution in [0.3, 0.4) is 0 Å². The molecule has 1 aromatic carbocycles. The normalized spacial score (nSPS) is 10.8. The quantitative estimate of drug-likeness (QED) is 0.234. The number of pyridine rings is 3. The Bertz CT molecular complexity index is 1410. The highest BCUT2D eigenvalue weighted by molar-refractivity contribution is 5.76. The van der Waals surface area contributed by atoms with Crippen LogP contribution >= 0.6 is 0 Å². The van der Waals surface area contributed by atoms with E-state index in [0.717, 1.165) is 22.6 Å². The van der Waals surface area contributed by atoms with Gasteiger partial charge in [-0.3, -0.25) is 19.5 Å². The largest absolute Gasteiger partial charge is 0.497 e. The van der Waals surface area contributed by atoms with Crippen molar-refractivity contribution in [2.24, 2.45) is 0 Å². The van der Waals surface area contributed by atoms with Crippen LogP contribution in [0.25, 0.3) is 33.9 Å². The van der Waals surface area contributed by atoms with Crippen molar-refractivity contribution in [1.82, 2.24) is 19.9 Å². The van der Waals surface area contributed by atoms with Gasteiger partial charge in [0.25, 0.3) is 0 Å². The molecule has 0 saturated heterocycles. The zero-order valence-corrected chi connectivity index (χ0v) is 22.9. The molecule has 0 fully saturated rings. The molecule has 9 nitrogen and oxygen atoms in total. The third-order valence-corrected chi connectivity index (χ3v) is 5.95. The molecule has 0 spiro atoms. The number of rotatable bonds is 12. The molecular formula is C31H32N4O5. The molecule has 0 amide bonds. The van der Waals surface area contributed by atoms with Crippen molar-refractivity contribution in [3.63, 3.8) is 0 Å². The lowest BCUT2D eigenvalue weighted by Crippen LogP contribution is -2.36. The highest BCUT2D eigenvalue weighted by Crippen LogP contribution is 2.30. The maximum Gasteiger partial charge on any atom is 0.320 e. The second-order valence-corrected chi connectivity index (χ2v) is 8.84. The molecule has 0 unspecified atom stereocenters. The van der Waals surface area contributed by atoms with Gasteiger partial charge in [-0.05, 0) is 73.5 Å². The standard InChI is InChI=1S/C31H32N4O5/c1-4-39-30(36)20-35(21-31(37)40-5-2)19-24-9-8-11-27(33-24)29-18-23(22-12-14-25(38-3)15-13-22)17-28(34-29)26-10-6-7-16-32-26/h6-18H,4-5,19-21H2,1-3H3. The summed E-state index contributed by atoms with van der Waals surface area (Å²) < 4.78 is 15.5. The van der Waals surface area contributed by atoms with Crippen LogP contribution in [0.2, 0.25) is 0 Å². The van der Waals surface area contributed by atoms with Crippen molar-refractivity contribution in [3.05, 3.63) is 84.7 Å². The van der Waals surface area contributed by atoms with E-state index in [1.807, 2.05) is 72.8 Å². The highest BCUT2D eigenvalue weighted by Gasteiger charge is 2.18. The predicted octanol–water partition coefficient (Wildman–Crippen LogP) is 4.81. The topological polar surface area (TPSA) is 104 Å². The monoisotopic (exact) mass is 540 g/mol. The van der Waals surface area contributed by atoms with Gasteiger partial charge in [-0.1, -0.05) is 24.3 Å². The molecule has 0 aliphatic rings. The van der Waals surface area contributed by atoms with Gasteiger partial charge in [0.15, 0.2) is 0 Å². The Hall–Kier alpha value is -4.63. The minimum atomic E-state index is -0.420. The molecule has 0 aliphatic carbocycles. The fourth-order valence-corrected chi connectivity index (χ4v) is 4.14. The van der Waals surface area contributed by atoms with E-state index in [2.05, 4.69) is 4.98 Å². The number of aromatic nitrogens is 3. The van der Waals surface area contributed by atoms with Crippen LogP contribution in [0.4, 0.5) is 0 Å². The van der Waals surface area contributed by atoms with Gasteiger partial charge in [0.05, 0.1) is 61.9 Å². The third-order valence-electron chi connectivity index (χ3n) is 5.95. The molecule has 0 aliphatic heterocycles. The van der Waals surface area contributed by atoms with E-state index in [9.17, 15) is 9.59 Å². The van der Waals surface area contributed by atoms with Crippen LogP contribution in [0.15, 0.2) is 79.0 Å². The molecule has 9 heteroatoms. The van der Waals surface area contributed by atoms with Crippen molar-refractivity contribution < 1.29 is 23.8 Å². The summed E-state index contributed by atoms with van der Waals surface area (Å²) in [6.45, 7) is 4.12. The SMILES string of the molecule is CCOC(=O)CN(CC(=O)OCC)Cc1cccc(-c2cc(-c3ccc(OC)cc3)cc(-c3ccccn3)n2)n1. The van der Waals surface area contributed by atoms with Crippen LogP contribution in [0.1, 0.15) is 19.5 Å². The Balaban J connectivity index is 1.69. The van der Waals surface area contributed by atoms with E-state index in [1.54, 1.807) is 32.1 Å². The second-order valence-electron chi connectivity index (χ2n) is 8.84. The van der Waals surface area contributed by atoms with Gasteiger partial charge in [0.2, 0.25) is 0 Å². The van der Waals surface area contributed by atoms with Crippen molar-refractivity contribution in [1.29, 1.82) is 0 Å². The fourth-order valence-electron chi connectivity index (χ4n) is 4.14. The van der Waals surface area contributed by atoms with Crippen LogP contribution in [0, 0.1) is 0 Å². The number of hydrogen-bond donors (Lipinski definition) is 0. The summed E-state index contributed by atoms with van der Waals surface area (Å²) in [5.41, 5.74) is 5.38. The van der Waals surface area contributed by atoms with Crippen molar-refractivity contribution in [2.75, 3.05) is 33.4 Å². The summed E-state index contributed by atoms with van der Waals surface area (Å²) in [4.78, 5) is 40.3. The average molecular weight is 541 g/mol. The van der Waals surface area contributed by atoms with Crippen LogP contribution < -0.4 is 4.74 Å². The lowest BCUT2D eigenvalue weighted by Gasteiger charge is -2.20. The Labute approximate surface area is 233 Å². The van der Waals surface area contributed by atoms with Crippen molar-refractivity contribution in [3.8, 4) is 39.7 Å². The third kappa shape index (κ3) is 7.70. The molecule has 0 atom stereocenters. The maximum absolute atomic E-state index is 12.2. The van der Waals surface area contributed by atoms with Crippen LogP contribution in [0.5, 0.6) is 5.75 Å². The Kier molecular flexibility index (Phi) is 9.90. The van der Waals surface area contributed by atoms with Gasteiger partial charge in [0, 0.05) is 12.7 Å². The molecule has 206 valence electrons. The van der Waals surface area contributed by atoms with E-state index in [4.69, 9.17) is 24.2 Å². The zero-order valence-electron chi connectivity index (χ0n) is 22.9. The summed E-state index contributed by atoms with van der Waals surface area (Å²) in [6, 6.07) is 23.1.